The van der Waals surface area contributed by atoms with Gasteiger partial charge in [0.1, 0.15) is 19.2 Å². The van der Waals surface area contributed by atoms with E-state index in [1.165, 1.54) is 0 Å². The fourth-order valence-corrected chi connectivity index (χ4v) is 2.92. The molecule has 3 nitrogen and oxygen atoms in total. The summed E-state index contributed by atoms with van der Waals surface area (Å²) in [5.41, 5.74) is 1.37. The van der Waals surface area contributed by atoms with Gasteiger partial charge in [-0.25, -0.2) is 0 Å². The molecule has 1 saturated heterocycles. The zero-order valence-electron chi connectivity index (χ0n) is 10.9. The quantitative estimate of drug-likeness (QED) is 0.630. The smallest absolute Gasteiger partial charge is 0.173 e. The van der Waals surface area contributed by atoms with Gasteiger partial charge >= 0.3 is 0 Å². The topological polar surface area (TPSA) is 35.5 Å². The second-order valence-corrected chi connectivity index (χ2v) is 5.41. The van der Waals surface area contributed by atoms with E-state index >= 15 is 0 Å². The summed E-state index contributed by atoms with van der Waals surface area (Å²) in [7, 11) is 1.99. The van der Waals surface area contributed by atoms with Gasteiger partial charge in [-0.05, 0) is 18.9 Å². The lowest BCUT2D eigenvalue weighted by Crippen LogP contribution is -2.54. The Labute approximate surface area is 108 Å². The van der Waals surface area contributed by atoms with Crippen molar-refractivity contribution >= 4 is 19.1 Å². The molecular formula is C14H17BO3. The summed E-state index contributed by atoms with van der Waals surface area (Å²) in [6, 6.07) is 5.81. The molecule has 3 rings (SSSR count). The molecule has 0 amide bonds. The van der Waals surface area contributed by atoms with Crippen molar-refractivity contribution in [3.8, 4) is 5.75 Å². The number of hydrogen-bond donors (Lipinski definition) is 0. The minimum absolute atomic E-state index is 0.132. The summed E-state index contributed by atoms with van der Waals surface area (Å²) < 4.78 is 11.7. The summed E-state index contributed by atoms with van der Waals surface area (Å²) in [6.07, 6.45) is 1.85. The van der Waals surface area contributed by atoms with Crippen LogP contribution in [0.15, 0.2) is 18.2 Å². The third-order valence-electron chi connectivity index (χ3n) is 4.13. The minimum atomic E-state index is -0.447. The lowest BCUT2D eigenvalue weighted by atomic mass is 9.76. The molecular weight excluding hydrogens is 227 g/mol. The number of rotatable bonds is 0. The average Bonchev–Trinajstić information content (AvgIpc) is 2.39. The predicted molar refractivity (Wildman–Crippen MR) is 71.5 cm³/mol. The first-order valence-electron chi connectivity index (χ1n) is 6.54. The number of carbonyl (C=O) groups is 1. The normalized spacial score (nSPS) is 30.9. The molecule has 2 unspecified atom stereocenters. The van der Waals surface area contributed by atoms with E-state index in [4.69, 9.17) is 9.47 Å². The van der Waals surface area contributed by atoms with Crippen molar-refractivity contribution in [2.75, 3.05) is 13.2 Å². The Morgan fingerprint density at radius 3 is 3.00 bits per heavy atom. The van der Waals surface area contributed by atoms with Crippen molar-refractivity contribution in [2.24, 2.45) is 5.92 Å². The van der Waals surface area contributed by atoms with Crippen LogP contribution in [-0.4, -0.2) is 32.4 Å². The Kier molecular flexibility index (Phi) is 2.70. The van der Waals surface area contributed by atoms with E-state index < -0.39 is 5.60 Å². The van der Waals surface area contributed by atoms with Crippen molar-refractivity contribution in [1.29, 1.82) is 0 Å². The molecule has 2 aliphatic rings. The lowest BCUT2D eigenvalue weighted by Gasteiger charge is -2.44. The van der Waals surface area contributed by atoms with Crippen LogP contribution in [0.2, 0.25) is 0 Å². The molecule has 0 aliphatic carbocycles. The van der Waals surface area contributed by atoms with Gasteiger partial charge in [-0.1, -0.05) is 24.5 Å². The minimum Gasteiger partial charge on any atom is -0.483 e. The van der Waals surface area contributed by atoms with Crippen LogP contribution in [0.4, 0.5) is 0 Å². The standard InChI is InChI=1S/C14H17BO3/c1-9-13(16)11-7-10(15)3-4-12(11)18-14(9)5-2-6-17-8-14/h3-4,7,9H,2,5-6,8,15H2,1H3. The van der Waals surface area contributed by atoms with Gasteiger partial charge in [-0.15, -0.1) is 0 Å². The van der Waals surface area contributed by atoms with E-state index in [-0.39, 0.29) is 11.7 Å². The third-order valence-corrected chi connectivity index (χ3v) is 4.13. The fourth-order valence-electron chi connectivity index (χ4n) is 2.92. The number of benzene rings is 1. The lowest BCUT2D eigenvalue weighted by molar-refractivity contribution is -0.0942. The third kappa shape index (κ3) is 1.67. The maximum absolute atomic E-state index is 12.5. The van der Waals surface area contributed by atoms with Crippen LogP contribution in [0.5, 0.6) is 5.75 Å². The summed E-state index contributed by atoms with van der Waals surface area (Å²) in [6.45, 7) is 3.25. The Balaban J connectivity index is 2.04. The Morgan fingerprint density at radius 1 is 1.44 bits per heavy atom. The molecule has 0 aromatic heterocycles. The molecule has 1 aromatic carbocycles. The fraction of sp³-hybridized carbons (Fsp3) is 0.500. The van der Waals surface area contributed by atoms with Crippen LogP contribution in [0.1, 0.15) is 30.1 Å². The highest BCUT2D eigenvalue weighted by Gasteiger charge is 2.48. The maximum atomic E-state index is 12.5. The van der Waals surface area contributed by atoms with E-state index in [1.807, 2.05) is 33.0 Å². The van der Waals surface area contributed by atoms with Gasteiger partial charge in [-0.2, -0.15) is 0 Å². The van der Waals surface area contributed by atoms with Crippen LogP contribution < -0.4 is 10.2 Å². The van der Waals surface area contributed by atoms with Crippen molar-refractivity contribution in [1.82, 2.24) is 0 Å². The van der Waals surface area contributed by atoms with Crippen molar-refractivity contribution in [2.45, 2.75) is 25.4 Å². The highest BCUT2D eigenvalue weighted by molar-refractivity contribution is 6.32. The van der Waals surface area contributed by atoms with Crippen LogP contribution >= 0.6 is 0 Å². The number of fused-ring (bicyclic) bond motifs is 1. The number of Topliss-reactive ketones (excluding diaryl/α,β-unsaturated/α-hetero) is 1. The molecule has 1 spiro atoms. The van der Waals surface area contributed by atoms with Crippen molar-refractivity contribution < 1.29 is 14.3 Å². The zero-order valence-corrected chi connectivity index (χ0v) is 10.9. The molecule has 2 atom stereocenters. The molecule has 94 valence electrons. The Morgan fingerprint density at radius 2 is 2.28 bits per heavy atom. The molecule has 0 bridgehead atoms. The Hall–Kier alpha value is -1.29. The Bertz CT molecular complexity index is 492. The van der Waals surface area contributed by atoms with E-state index in [0.29, 0.717) is 12.4 Å². The molecule has 0 saturated carbocycles. The number of ketones is 1. The number of carbonyl (C=O) groups excluding carboxylic acids is 1. The van der Waals surface area contributed by atoms with Crippen LogP contribution in [0.3, 0.4) is 0 Å². The van der Waals surface area contributed by atoms with Crippen molar-refractivity contribution in [3.05, 3.63) is 23.8 Å². The second-order valence-electron chi connectivity index (χ2n) is 5.41. The van der Waals surface area contributed by atoms with Gasteiger partial charge in [0.2, 0.25) is 0 Å². The summed E-state index contributed by atoms with van der Waals surface area (Å²) in [5, 5.41) is 0. The molecule has 2 heterocycles. The largest absolute Gasteiger partial charge is 0.483 e. The van der Waals surface area contributed by atoms with Gasteiger partial charge in [-0.3, -0.25) is 4.79 Å². The van der Waals surface area contributed by atoms with Crippen molar-refractivity contribution in [3.63, 3.8) is 0 Å². The number of ether oxygens (including phenoxy) is 2. The molecule has 18 heavy (non-hydrogen) atoms. The van der Waals surface area contributed by atoms with Crippen LogP contribution in [0, 0.1) is 5.92 Å². The van der Waals surface area contributed by atoms with E-state index in [9.17, 15) is 4.79 Å². The van der Waals surface area contributed by atoms with Crippen LogP contribution in [-0.2, 0) is 4.74 Å². The first kappa shape index (κ1) is 11.8. The summed E-state index contributed by atoms with van der Waals surface area (Å²) >= 11 is 0. The van der Waals surface area contributed by atoms with Crippen LogP contribution in [0.25, 0.3) is 0 Å². The molecule has 1 fully saturated rings. The van der Waals surface area contributed by atoms with Gasteiger partial charge in [0, 0.05) is 6.61 Å². The zero-order chi connectivity index (χ0) is 12.8. The maximum Gasteiger partial charge on any atom is 0.173 e. The predicted octanol–water partition coefficient (Wildman–Crippen LogP) is 0.705. The first-order valence-corrected chi connectivity index (χ1v) is 6.54. The number of hydrogen-bond acceptors (Lipinski definition) is 3. The summed E-state index contributed by atoms with van der Waals surface area (Å²) in [4.78, 5) is 12.5. The highest BCUT2D eigenvalue weighted by Crippen LogP contribution is 2.40. The molecule has 4 heteroatoms. The van der Waals surface area contributed by atoms with E-state index in [0.717, 1.165) is 30.5 Å². The molecule has 0 N–H and O–H groups in total. The summed E-state index contributed by atoms with van der Waals surface area (Å²) in [5.74, 6) is 0.770. The van der Waals surface area contributed by atoms with E-state index in [2.05, 4.69) is 0 Å². The van der Waals surface area contributed by atoms with Gasteiger partial charge in [0.25, 0.3) is 0 Å². The first-order chi connectivity index (χ1) is 8.62. The van der Waals surface area contributed by atoms with Gasteiger partial charge < -0.3 is 9.47 Å². The molecule has 1 aromatic rings. The van der Waals surface area contributed by atoms with E-state index in [1.54, 1.807) is 0 Å². The second kappa shape index (κ2) is 4.13. The highest BCUT2D eigenvalue weighted by atomic mass is 16.5. The SMILES string of the molecule is Bc1ccc2c(c1)C(=O)C(C)C1(CCCOC1)O2. The molecule has 2 aliphatic heterocycles. The van der Waals surface area contributed by atoms with Gasteiger partial charge in [0.05, 0.1) is 18.1 Å². The average molecular weight is 244 g/mol. The monoisotopic (exact) mass is 244 g/mol. The molecule has 0 radical (unpaired) electrons. The van der Waals surface area contributed by atoms with Gasteiger partial charge in [0.15, 0.2) is 5.78 Å².